The fourth-order valence-corrected chi connectivity index (χ4v) is 3.00. The standard InChI is InChI=1S/C11H9BrF2N2S/c12-10-9(3-4-15)16-11(17-10)7-5-6(13)1-2-8(7)14/h1-2,5H,3-4,15H2. The Morgan fingerprint density at radius 1 is 1.35 bits per heavy atom. The van der Waals surface area contributed by atoms with E-state index < -0.39 is 11.6 Å². The molecule has 0 aliphatic carbocycles. The van der Waals surface area contributed by atoms with E-state index in [9.17, 15) is 8.78 Å². The van der Waals surface area contributed by atoms with Crippen LogP contribution < -0.4 is 5.73 Å². The van der Waals surface area contributed by atoms with E-state index in [2.05, 4.69) is 20.9 Å². The molecule has 1 heterocycles. The number of nitrogens with two attached hydrogens (primary N) is 1. The number of rotatable bonds is 3. The van der Waals surface area contributed by atoms with Crippen LogP contribution in [0, 0.1) is 11.6 Å². The van der Waals surface area contributed by atoms with Gasteiger partial charge in [0.15, 0.2) is 0 Å². The maximum atomic E-state index is 13.5. The summed E-state index contributed by atoms with van der Waals surface area (Å²) in [5, 5.41) is 0.456. The molecule has 0 unspecified atom stereocenters. The number of thiazole rings is 1. The summed E-state index contributed by atoms with van der Waals surface area (Å²) in [5.41, 5.74) is 6.39. The van der Waals surface area contributed by atoms with E-state index in [1.165, 1.54) is 11.3 Å². The number of aromatic nitrogens is 1. The van der Waals surface area contributed by atoms with Gasteiger partial charge in [0, 0.05) is 12.0 Å². The summed E-state index contributed by atoms with van der Waals surface area (Å²) in [6.07, 6.45) is 0.605. The second-order valence-corrected chi connectivity index (χ2v) is 5.72. The van der Waals surface area contributed by atoms with E-state index in [0.29, 0.717) is 18.0 Å². The van der Waals surface area contributed by atoms with Crippen LogP contribution in [0.4, 0.5) is 8.78 Å². The number of halogens is 3. The van der Waals surface area contributed by atoms with Crippen molar-refractivity contribution in [2.75, 3.05) is 6.54 Å². The van der Waals surface area contributed by atoms with Gasteiger partial charge in [0.05, 0.1) is 9.48 Å². The summed E-state index contributed by atoms with van der Waals surface area (Å²) < 4.78 is 27.4. The second-order valence-electron chi connectivity index (χ2n) is 3.40. The van der Waals surface area contributed by atoms with Crippen molar-refractivity contribution in [1.29, 1.82) is 0 Å². The Balaban J connectivity index is 2.45. The van der Waals surface area contributed by atoms with Crippen molar-refractivity contribution in [2.45, 2.75) is 6.42 Å². The Morgan fingerprint density at radius 3 is 2.82 bits per heavy atom. The second kappa shape index (κ2) is 5.20. The first-order chi connectivity index (χ1) is 8.11. The summed E-state index contributed by atoms with van der Waals surface area (Å²) in [6.45, 7) is 0.466. The van der Waals surface area contributed by atoms with Crippen LogP contribution in [-0.2, 0) is 6.42 Å². The van der Waals surface area contributed by atoms with Crippen molar-refractivity contribution in [2.24, 2.45) is 5.73 Å². The molecule has 0 atom stereocenters. The molecule has 0 radical (unpaired) electrons. The Labute approximate surface area is 110 Å². The van der Waals surface area contributed by atoms with Crippen molar-refractivity contribution >= 4 is 27.3 Å². The third-order valence-corrected chi connectivity index (χ3v) is 4.05. The minimum Gasteiger partial charge on any atom is -0.330 e. The minimum atomic E-state index is -0.480. The van der Waals surface area contributed by atoms with Crippen LogP contribution >= 0.6 is 27.3 Å². The fraction of sp³-hybridized carbons (Fsp3) is 0.182. The molecular weight excluding hydrogens is 310 g/mol. The minimum absolute atomic E-state index is 0.180. The lowest BCUT2D eigenvalue weighted by Gasteiger charge is -1.98. The summed E-state index contributed by atoms with van der Waals surface area (Å²) in [5.74, 6) is -0.958. The van der Waals surface area contributed by atoms with Gasteiger partial charge in [-0.1, -0.05) is 0 Å². The average molecular weight is 319 g/mol. The normalized spacial score (nSPS) is 10.8. The van der Waals surface area contributed by atoms with Crippen LogP contribution in [0.15, 0.2) is 22.0 Å². The smallest absolute Gasteiger partial charge is 0.133 e. The molecule has 6 heteroatoms. The van der Waals surface area contributed by atoms with E-state index in [0.717, 1.165) is 27.7 Å². The van der Waals surface area contributed by atoms with Crippen molar-refractivity contribution in [3.8, 4) is 10.6 Å². The predicted octanol–water partition coefficient (Wildman–Crippen LogP) is 3.35. The van der Waals surface area contributed by atoms with Gasteiger partial charge >= 0.3 is 0 Å². The highest BCUT2D eigenvalue weighted by molar-refractivity contribution is 9.11. The molecule has 2 N–H and O–H groups in total. The van der Waals surface area contributed by atoms with E-state index in [-0.39, 0.29) is 5.56 Å². The van der Waals surface area contributed by atoms with Gasteiger partial charge in [-0.15, -0.1) is 11.3 Å². The van der Waals surface area contributed by atoms with Crippen LogP contribution in [0.1, 0.15) is 5.69 Å². The van der Waals surface area contributed by atoms with Gasteiger partial charge < -0.3 is 5.73 Å². The first-order valence-electron chi connectivity index (χ1n) is 4.92. The van der Waals surface area contributed by atoms with Gasteiger partial charge in [0.25, 0.3) is 0 Å². The Morgan fingerprint density at radius 2 is 2.12 bits per heavy atom. The molecule has 0 amide bonds. The molecule has 1 aromatic heterocycles. The lowest BCUT2D eigenvalue weighted by molar-refractivity contribution is 0.603. The summed E-state index contributed by atoms with van der Waals surface area (Å²) >= 11 is 4.62. The number of benzene rings is 1. The van der Waals surface area contributed by atoms with E-state index in [4.69, 9.17) is 5.73 Å². The Kier molecular flexibility index (Phi) is 3.86. The summed E-state index contributed by atoms with van der Waals surface area (Å²) in [4.78, 5) is 4.26. The molecular formula is C11H9BrF2N2S. The van der Waals surface area contributed by atoms with Crippen molar-refractivity contribution in [1.82, 2.24) is 4.98 Å². The van der Waals surface area contributed by atoms with Gasteiger partial charge in [-0.05, 0) is 40.7 Å². The quantitative estimate of drug-likeness (QED) is 0.942. The van der Waals surface area contributed by atoms with Crippen LogP contribution in [0.2, 0.25) is 0 Å². The molecule has 0 spiro atoms. The molecule has 2 nitrogen and oxygen atoms in total. The molecule has 0 saturated carbocycles. The van der Waals surface area contributed by atoms with Crippen LogP contribution in [0.3, 0.4) is 0 Å². The van der Waals surface area contributed by atoms with E-state index in [1.54, 1.807) is 0 Å². The average Bonchev–Trinajstić information content (AvgIpc) is 2.64. The van der Waals surface area contributed by atoms with Gasteiger partial charge in [-0.25, -0.2) is 13.8 Å². The van der Waals surface area contributed by atoms with Crippen molar-refractivity contribution < 1.29 is 8.78 Å². The molecule has 0 aliphatic heterocycles. The maximum absolute atomic E-state index is 13.5. The van der Waals surface area contributed by atoms with Gasteiger partial charge in [0.1, 0.15) is 16.6 Å². The van der Waals surface area contributed by atoms with Gasteiger partial charge in [-0.2, -0.15) is 0 Å². The Hall–Kier alpha value is -0.850. The molecule has 2 rings (SSSR count). The topological polar surface area (TPSA) is 38.9 Å². The largest absolute Gasteiger partial charge is 0.330 e. The zero-order valence-electron chi connectivity index (χ0n) is 8.71. The van der Waals surface area contributed by atoms with E-state index >= 15 is 0 Å². The van der Waals surface area contributed by atoms with Crippen molar-refractivity contribution in [3.05, 3.63) is 39.3 Å². The summed E-state index contributed by atoms with van der Waals surface area (Å²) in [7, 11) is 0. The molecule has 1 aromatic carbocycles. The molecule has 0 bridgehead atoms. The molecule has 0 aliphatic rings. The third-order valence-electron chi connectivity index (χ3n) is 2.19. The first-order valence-corrected chi connectivity index (χ1v) is 6.53. The number of nitrogens with zero attached hydrogens (tertiary/aromatic N) is 1. The van der Waals surface area contributed by atoms with Gasteiger partial charge in [0.2, 0.25) is 0 Å². The lowest BCUT2D eigenvalue weighted by atomic mass is 10.2. The van der Waals surface area contributed by atoms with E-state index in [1.807, 2.05) is 0 Å². The highest BCUT2D eigenvalue weighted by atomic mass is 79.9. The summed E-state index contributed by atoms with van der Waals surface area (Å²) in [6, 6.07) is 3.33. The lowest BCUT2D eigenvalue weighted by Crippen LogP contribution is -2.03. The molecule has 90 valence electrons. The third kappa shape index (κ3) is 2.70. The maximum Gasteiger partial charge on any atom is 0.133 e. The van der Waals surface area contributed by atoms with Crippen molar-refractivity contribution in [3.63, 3.8) is 0 Å². The first kappa shape index (κ1) is 12.6. The SMILES string of the molecule is NCCc1nc(-c2cc(F)ccc2F)sc1Br. The molecule has 0 fully saturated rings. The van der Waals surface area contributed by atoms with Crippen LogP contribution in [-0.4, -0.2) is 11.5 Å². The molecule has 0 saturated heterocycles. The Bertz CT molecular complexity index is 542. The van der Waals surface area contributed by atoms with Gasteiger partial charge in [-0.3, -0.25) is 0 Å². The fourth-order valence-electron chi connectivity index (χ4n) is 1.40. The van der Waals surface area contributed by atoms with Crippen LogP contribution in [0.25, 0.3) is 10.6 Å². The van der Waals surface area contributed by atoms with Crippen LogP contribution in [0.5, 0.6) is 0 Å². The number of hydrogen-bond acceptors (Lipinski definition) is 3. The zero-order valence-corrected chi connectivity index (χ0v) is 11.1. The molecule has 17 heavy (non-hydrogen) atoms. The zero-order chi connectivity index (χ0) is 12.4. The monoisotopic (exact) mass is 318 g/mol. The number of hydrogen-bond donors (Lipinski definition) is 1. The predicted molar refractivity (Wildman–Crippen MR) is 67.9 cm³/mol. The molecule has 2 aromatic rings. The highest BCUT2D eigenvalue weighted by Gasteiger charge is 2.14. The highest BCUT2D eigenvalue weighted by Crippen LogP contribution is 2.33.